The van der Waals surface area contributed by atoms with E-state index in [-0.39, 0.29) is 4.90 Å². The molecular formula is C18H17F4N3O6. The van der Waals surface area contributed by atoms with Crippen LogP contribution in [0.5, 0.6) is 0 Å². The third-order valence-electron chi connectivity index (χ3n) is 4.60. The van der Waals surface area contributed by atoms with Crippen LogP contribution in [0.25, 0.3) is 0 Å². The van der Waals surface area contributed by atoms with Gasteiger partial charge in [-0.1, -0.05) is 13.8 Å². The minimum Gasteiger partial charge on any atom is -0.450 e. The van der Waals surface area contributed by atoms with Gasteiger partial charge in [0.2, 0.25) is 0 Å². The van der Waals surface area contributed by atoms with E-state index in [1.165, 1.54) is 19.9 Å². The normalized spacial score (nSPS) is 20.2. The summed E-state index contributed by atoms with van der Waals surface area (Å²) >= 11 is 0. The second-order valence-corrected chi connectivity index (χ2v) is 6.86. The molecule has 3 amide bonds. The minimum absolute atomic E-state index is 0.153. The summed E-state index contributed by atoms with van der Waals surface area (Å²) in [4.78, 5) is 37.8. The van der Waals surface area contributed by atoms with Crippen LogP contribution in [0.3, 0.4) is 0 Å². The predicted molar refractivity (Wildman–Crippen MR) is 94.4 cm³/mol. The molecule has 2 rings (SSSR count). The molecule has 2 unspecified atom stereocenters. The fourth-order valence-corrected chi connectivity index (χ4v) is 3.23. The lowest BCUT2D eigenvalue weighted by Crippen LogP contribution is -2.62. The van der Waals surface area contributed by atoms with Crippen molar-refractivity contribution in [2.24, 2.45) is 5.92 Å². The maximum absolute atomic E-state index is 13.3. The second kappa shape index (κ2) is 8.38. The molecule has 13 heteroatoms. The standard InChI is InChI=1S/C18H17F4N3O6/c1-9(2)13(26)17(31-16(29)30)14(27)25(15(28)24(17)6-5-19)11-4-3-10(8-23)12(7-11)18(20,21)22/h3-4,7,9,13,26H,5-6H2,1-2H3,(H,29,30). The third-order valence-corrected chi connectivity index (χ3v) is 4.60. The van der Waals surface area contributed by atoms with Crippen molar-refractivity contribution < 1.29 is 46.9 Å². The van der Waals surface area contributed by atoms with Crippen LogP contribution in [-0.2, 0) is 15.7 Å². The molecule has 0 aliphatic carbocycles. The number of carbonyl (C=O) groups excluding carboxylic acids is 2. The highest BCUT2D eigenvalue weighted by Gasteiger charge is 2.66. The van der Waals surface area contributed by atoms with E-state index in [9.17, 15) is 37.1 Å². The Kier molecular flexibility index (Phi) is 6.46. The lowest BCUT2D eigenvalue weighted by atomic mass is 9.94. The molecule has 0 radical (unpaired) electrons. The number of imide groups is 1. The molecule has 0 spiro atoms. The Balaban J connectivity index is 2.74. The van der Waals surface area contributed by atoms with Crippen molar-refractivity contribution in [3.05, 3.63) is 29.3 Å². The molecule has 168 valence electrons. The quantitative estimate of drug-likeness (QED) is 0.389. The van der Waals surface area contributed by atoms with Gasteiger partial charge in [0.1, 0.15) is 12.8 Å². The Morgan fingerprint density at radius 1 is 1.32 bits per heavy atom. The van der Waals surface area contributed by atoms with Gasteiger partial charge >= 0.3 is 24.3 Å². The van der Waals surface area contributed by atoms with Crippen molar-refractivity contribution in [2.75, 3.05) is 18.1 Å². The Bertz CT molecular complexity index is 945. The van der Waals surface area contributed by atoms with E-state index in [4.69, 9.17) is 10.4 Å². The van der Waals surface area contributed by atoms with Crippen molar-refractivity contribution in [2.45, 2.75) is 31.9 Å². The third kappa shape index (κ3) is 3.98. The van der Waals surface area contributed by atoms with Crippen molar-refractivity contribution in [3.63, 3.8) is 0 Å². The molecule has 1 heterocycles. The first kappa shape index (κ1) is 23.9. The van der Waals surface area contributed by atoms with Gasteiger partial charge in [0, 0.05) is 0 Å². The number of alkyl halides is 4. The van der Waals surface area contributed by atoms with E-state index in [0.29, 0.717) is 11.0 Å². The molecule has 1 aromatic rings. The summed E-state index contributed by atoms with van der Waals surface area (Å²) in [5.74, 6) is -2.41. The Hall–Kier alpha value is -3.40. The van der Waals surface area contributed by atoms with E-state index in [1.54, 1.807) is 0 Å². The van der Waals surface area contributed by atoms with Gasteiger partial charge < -0.3 is 14.9 Å². The first-order valence-corrected chi connectivity index (χ1v) is 8.76. The Labute approximate surface area is 173 Å². The number of amides is 3. The number of rotatable bonds is 6. The number of benzene rings is 1. The van der Waals surface area contributed by atoms with E-state index < -0.39 is 72.1 Å². The van der Waals surface area contributed by atoms with E-state index >= 15 is 0 Å². The number of nitrogens with zero attached hydrogens (tertiary/aromatic N) is 3. The van der Waals surface area contributed by atoms with Crippen LogP contribution in [0.4, 0.5) is 32.8 Å². The van der Waals surface area contributed by atoms with E-state index in [2.05, 4.69) is 4.74 Å². The van der Waals surface area contributed by atoms with Crippen LogP contribution in [0.2, 0.25) is 0 Å². The number of aliphatic hydroxyl groups is 1. The summed E-state index contributed by atoms with van der Waals surface area (Å²) in [5, 5.41) is 28.6. The van der Waals surface area contributed by atoms with Crippen molar-refractivity contribution in [1.29, 1.82) is 5.26 Å². The first-order valence-electron chi connectivity index (χ1n) is 8.76. The average Bonchev–Trinajstić information content (AvgIpc) is 2.87. The molecule has 2 N–H and O–H groups in total. The minimum atomic E-state index is -5.02. The number of anilines is 1. The average molecular weight is 447 g/mol. The summed E-state index contributed by atoms with van der Waals surface area (Å²) < 4.78 is 57.7. The summed E-state index contributed by atoms with van der Waals surface area (Å²) in [6, 6.07) is 1.86. The van der Waals surface area contributed by atoms with Crippen molar-refractivity contribution >= 4 is 23.8 Å². The largest absolute Gasteiger partial charge is 0.508 e. The molecule has 2 atom stereocenters. The van der Waals surface area contributed by atoms with Crippen molar-refractivity contribution in [1.82, 2.24) is 4.90 Å². The highest BCUT2D eigenvalue weighted by Crippen LogP contribution is 2.40. The Morgan fingerprint density at radius 2 is 1.94 bits per heavy atom. The summed E-state index contributed by atoms with van der Waals surface area (Å²) in [7, 11) is 0. The number of urea groups is 1. The molecule has 1 aliphatic rings. The lowest BCUT2D eigenvalue weighted by molar-refractivity contribution is -0.182. The number of hydrogen-bond donors (Lipinski definition) is 2. The van der Waals surface area contributed by atoms with Gasteiger partial charge in [-0.15, -0.1) is 0 Å². The zero-order valence-electron chi connectivity index (χ0n) is 16.2. The highest BCUT2D eigenvalue weighted by atomic mass is 19.4. The monoisotopic (exact) mass is 447 g/mol. The molecule has 0 aromatic heterocycles. The molecular weight excluding hydrogens is 430 g/mol. The summed E-state index contributed by atoms with van der Waals surface area (Å²) in [6.07, 6.45) is -9.07. The zero-order valence-corrected chi connectivity index (χ0v) is 16.2. The summed E-state index contributed by atoms with van der Waals surface area (Å²) in [5.41, 5.74) is -5.83. The maximum atomic E-state index is 13.3. The van der Waals surface area contributed by atoms with Crippen LogP contribution in [0, 0.1) is 17.2 Å². The second-order valence-electron chi connectivity index (χ2n) is 6.86. The van der Waals surface area contributed by atoms with Crippen LogP contribution in [0.15, 0.2) is 18.2 Å². The van der Waals surface area contributed by atoms with Gasteiger partial charge in [-0.3, -0.25) is 9.69 Å². The molecule has 0 bridgehead atoms. The van der Waals surface area contributed by atoms with E-state index in [1.807, 2.05) is 0 Å². The molecule has 1 aromatic carbocycles. The highest BCUT2D eigenvalue weighted by molar-refractivity contribution is 6.23. The van der Waals surface area contributed by atoms with Crippen LogP contribution >= 0.6 is 0 Å². The van der Waals surface area contributed by atoms with Crippen molar-refractivity contribution in [3.8, 4) is 6.07 Å². The number of aliphatic hydroxyl groups excluding tert-OH is 1. The van der Waals surface area contributed by atoms with Crippen LogP contribution < -0.4 is 4.90 Å². The number of carboxylic acid groups (broad SMARTS) is 1. The zero-order chi connectivity index (χ0) is 23.7. The number of nitriles is 1. The fourth-order valence-electron chi connectivity index (χ4n) is 3.23. The topological polar surface area (TPSA) is 131 Å². The Morgan fingerprint density at radius 3 is 2.39 bits per heavy atom. The number of hydrogen-bond acceptors (Lipinski definition) is 6. The van der Waals surface area contributed by atoms with Gasteiger partial charge in [-0.2, -0.15) is 18.4 Å². The van der Waals surface area contributed by atoms with Crippen LogP contribution in [-0.4, -0.2) is 58.3 Å². The number of ether oxygens (including phenoxy) is 1. The van der Waals surface area contributed by atoms with Gasteiger partial charge in [0.25, 0.3) is 5.72 Å². The van der Waals surface area contributed by atoms with Gasteiger partial charge in [-0.05, 0) is 24.1 Å². The van der Waals surface area contributed by atoms with Gasteiger partial charge in [0.15, 0.2) is 0 Å². The fraction of sp³-hybridized carbons (Fsp3) is 0.444. The first-order chi connectivity index (χ1) is 14.3. The molecule has 9 nitrogen and oxygen atoms in total. The molecule has 31 heavy (non-hydrogen) atoms. The molecule has 0 saturated carbocycles. The molecule has 1 saturated heterocycles. The lowest BCUT2D eigenvalue weighted by Gasteiger charge is -2.37. The number of halogens is 4. The SMILES string of the molecule is CC(C)C(O)C1(OC(=O)O)C(=O)N(c2ccc(C#N)c(C(F)(F)F)c2)C(=O)N1CCF. The molecule has 1 fully saturated rings. The number of carbonyl (C=O) groups is 3. The molecule has 1 aliphatic heterocycles. The van der Waals surface area contributed by atoms with Crippen LogP contribution in [0.1, 0.15) is 25.0 Å². The summed E-state index contributed by atoms with van der Waals surface area (Å²) in [6.45, 7) is 0.550. The van der Waals surface area contributed by atoms with E-state index in [0.717, 1.165) is 12.1 Å². The predicted octanol–water partition coefficient (Wildman–Crippen LogP) is 2.72. The van der Waals surface area contributed by atoms with Gasteiger partial charge in [0.05, 0.1) is 29.4 Å². The maximum Gasteiger partial charge on any atom is 0.508 e. The smallest absolute Gasteiger partial charge is 0.450 e. The van der Waals surface area contributed by atoms with Gasteiger partial charge in [-0.25, -0.2) is 18.9 Å².